The lowest BCUT2D eigenvalue weighted by Crippen LogP contribution is -2.51. The Morgan fingerprint density at radius 1 is 1.21 bits per heavy atom. The summed E-state index contributed by atoms with van der Waals surface area (Å²) in [5.74, 6) is 2.15. The maximum absolute atomic E-state index is 12.5. The Kier molecular flexibility index (Phi) is 9.29. The van der Waals surface area contributed by atoms with Crippen LogP contribution in [-0.2, 0) is 4.79 Å². The molecule has 1 aromatic rings. The second-order valence-electron chi connectivity index (χ2n) is 7.95. The van der Waals surface area contributed by atoms with Crippen LogP contribution in [0, 0.1) is 12.8 Å². The highest BCUT2D eigenvalue weighted by molar-refractivity contribution is 5.80. The molecule has 0 aromatic heterocycles. The van der Waals surface area contributed by atoms with Gasteiger partial charge in [-0.3, -0.25) is 9.79 Å². The molecule has 0 radical (unpaired) electrons. The van der Waals surface area contributed by atoms with Crippen LogP contribution >= 0.6 is 0 Å². The van der Waals surface area contributed by atoms with E-state index in [-0.39, 0.29) is 12.0 Å². The Hall–Kier alpha value is -2.24. The number of piperidine rings is 1. The molecule has 0 aliphatic carbocycles. The van der Waals surface area contributed by atoms with Crippen LogP contribution in [-0.4, -0.2) is 55.6 Å². The molecular weight excluding hydrogens is 364 g/mol. The van der Waals surface area contributed by atoms with Gasteiger partial charge in [-0.1, -0.05) is 31.5 Å². The maximum atomic E-state index is 12.5. The van der Waals surface area contributed by atoms with Gasteiger partial charge in [-0.15, -0.1) is 0 Å². The van der Waals surface area contributed by atoms with E-state index >= 15 is 0 Å². The predicted octanol–water partition coefficient (Wildman–Crippen LogP) is 3.35. The van der Waals surface area contributed by atoms with Crippen molar-refractivity contribution in [3.05, 3.63) is 29.8 Å². The number of guanidine groups is 1. The lowest BCUT2D eigenvalue weighted by molar-refractivity contribution is -0.136. The highest BCUT2D eigenvalue weighted by Crippen LogP contribution is 2.17. The van der Waals surface area contributed by atoms with Crippen LogP contribution in [0.25, 0.3) is 0 Å². The smallest absolute Gasteiger partial charge is 0.225 e. The van der Waals surface area contributed by atoms with Crippen molar-refractivity contribution < 1.29 is 9.53 Å². The summed E-state index contributed by atoms with van der Waals surface area (Å²) in [4.78, 5) is 18.9. The first-order valence-corrected chi connectivity index (χ1v) is 11.0. The number of amides is 1. The quantitative estimate of drug-likeness (QED) is 0.517. The van der Waals surface area contributed by atoms with Crippen molar-refractivity contribution in [3.8, 4) is 5.75 Å². The zero-order valence-electron chi connectivity index (χ0n) is 18.7. The van der Waals surface area contributed by atoms with Gasteiger partial charge in [-0.05, 0) is 51.7 Å². The second kappa shape index (κ2) is 11.7. The molecule has 1 aliphatic rings. The Balaban J connectivity index is 1.73. The number of hydrogen-bond acceptors (Lipinski definition) is 3. The molecule has 1 heterocycles. The summed E-state index contributed by atoms with van der Waals surface area (Å²) >= 11 is 0. The minimum absolute atomic E-state index is 0.0238. The van der Waals surface area contributed by atoms with E-state index in [1.807, 2.05) is 24.0 Å². The zero-order valence-corrected chi connectivity index (χ0v) is 18.7. The van der Waals surface area contributed by atoms with Gasteiger partial charge in [0, 0.05) is 32.1 Å². The van der Waals surface area contributed by atoms with E-state index in [1.54, 1.807) is 7.05 Å². The van der Waals surface area contributed by atoms with Gasteiger partial charge in [0.15, 0.2) is 5.96 Å². The summed E-state index contributed by atoms with van der Waals surface area (Å²) in [7, 11) is 1.78. The first kappa shape index (κ1) is 23.0. The van der Waals surface area contributed by atoms with Crippen molar-refractivity contribution in [2.45, 2.75) is 65.5 Å². The van der Waals surface area contributed by atoms with Crippen LogP contribution in [0.15, 0.2) is 29.3 Å². The summed E-state index contributed by atoms with van der Waals surface area (Å²) in [6, 6.07) is 8.43. The lowest BCUT2D eigenvalue weighted by atomic mass is 9.98. The number of carbonyl (C=O) groups is 1. The Morgan fingerprint density at radius 2 is 1.83 bits per heavy atom. The predicted molar refractivity (Wildman–Crippen MR) is 119 cm³/mol. The first-order chi connectivity index (χ1) is 14.0. The maximum Gasteiger partial charge on any atom is 0.225 e. The molecule has 1 fully saturated rings. The number of hydrogen-bond donors (Lipinski definition) is 2. The summed E-state index contributed by atoms with van der Waals surface area (Å²) < 4.78 is 5.95. The van der Waals surface area contributed by atoms with Crippen LogP contribution in [0.4, 0.5) is 0 Å². The zero-order chi connectivity index (χ0) is 21.2. The number of carbonyl (C=O) groups excluding carboxylic acids is 1. The molecule has 1 aliphatic heterocycles. The molecule has 2 N–H and O–H groups in total. The SMILES string of the molecule is CCC(CC)C(=O)N1CCC(NC(=NC)NCC(C)Oc2ccc(C)cc2)CC1. The average Bonchev–Trinajstić information content (AvgIpc) is 2.74. The van der Waals surface area contributed by atoms with E-state index in [0.717, 1.165) is 50.5 Å². The summed E-state index contributed by atoms with van der Waals surface area (Å²) in [6.45, 7) is 10.6. The van der Waals surface area contributed by atoms with Gasteiger partial charge in [0.05, 0.1) is 6.54 Å². The summed E-state index contributed by atoms with van der Waals surface area (Å²) in [6.07, 6.45) is 3.76. The largest absolute Gasteiger partial charge is 0.489 e. The Morgan fingerprint density at radius 3 is 2.38 bits per heavy atom. The molecule has 1 saturated heterocycles. The molecular formula is C23H38N4O2. The third kappa shape index (κ3) is 7.26. The Labute approximate surface area is 176 Å². The van der Waals surface area contributed by atoms with E-state index in [0.29, 0.717) is 18.5 Å². The van der Waals surface area contributed by atoms with Gasteiger partial charge in [0.25, 0.3) is 0 Å². The van der Waals surface area contributed by atoms with E-state index in [2.05, 4.69) is 48.5 Å². The molecule has 1 aromatic carbocycles. The number of nitrogens with zero attached hydrogens (tertiary/aromatic N) is 2. The van der Waals surface area contributed by atoms with Crippen LogP contribution in [0.2, 0.25) is 0 Å². The summed E-state index contributed by atoms with van der Waals surface area (Å²) in [5, 5.41) is 6.85. The minimum Gasteiger partial charge on any atom is -0.489 e. The number of benzene rings is 1. The monoisotopic (exact) mass is 402 g/mol. The molecule has 1 amide bonds. The number of nitrogens with one attached hydrogen (secondary N) is 2. The van der Waals surface area contributed by atoms with Gasteiger partial charge in [0.2, 0.25) is 5.91 Å². The van der Waals surface area contributed by atoms with Gasteiger partial charge in [0.1, 0.15) is 11.9 Å². The standard InChI is InChI=1S/C23H38N4O2/c1-6-19(7-2)22(28)27-14-12-20(13-15-27)26-23(24-5)25-16-18(4)29-21-10-8-17(3)9-11-21/h8-11,18-20H,6-7,12-16H2,1-5H3,(H2,24,25,26). The minimum atomic E-state index is 0.0238. The van der Waals surface area contributed by atoms with Gasteiger partial charge >= 0.3 is 0 Å². The van der Waals surface area contributed by atoms with Gasteiger partial charge in [-0.25, -0.2) is 0 Å². The topological polar surface area (TPSA) is 66.0 Å². The fraction of sp³-hybridized carbons (Fsp3) is 0.652. The van der Waals surface area contributed by atoms with Crippen molar-refractivity contribution in [1.82, 2.24) is 15.5 Å². The van der Waals surface area contributed by atoms with Crippen molar-refractivity contribution in [2.75, 3.05) is 26.7 Å². The molecule has 162 valence electrons. The highest BCUT2D eigenvalue weighted by atomic mass is 16.5. The third-order valence-corrected chi connectivity index (χ3v) is 5.62. The molecule has 1 unspecified atom stereocenters. The molecule has 0 saturated carbocycles. The van der Waals surface area contributed by atoms with Crippen LogP contribution < -0.4 is 15.4 Å². The molecule has 1 atom stereocenters. The molecule has 6 heteroatoms. The van der Waals surface area contributed by atoms with E-state index < -0.39 is 0 Å². The van der Waals surface area contributed by atoms with Crippen molar-refractivity contribution in [1.29, 1.82) is 0 Å². The van der Waals surface area contributed by atoms with E-state index in [4.69, 9.17) is 4.74 Å². The third-order valence-electron chi connectivity index (χ3n) is 5.62. The second-order valence-corrected chi connectivity index (χ2v) is 7.95. The number of likely N-dealkylation sites (tertiary alicyclic amines) is 1. The van der Waals surface area contributed by atoms with Crippen LogP contribution in [0.5, 0.6) is 5.75 Å². The van der Waals surface area contributed by atoms with Crippen molar-refractivity contribution >= 4 is 11.9 Å². The first-order valence-electron chi connectivity index (χ1n) is 11.0. The van der Waals surface area contributed by atoms with Gasteiger partial charge < -0.3 is 20.3 Å². The fourth-order valence-electron chi connectivity index (χ4n) is 3.66. The van der Waals surface area contributed by atoms with E-state index in [9.17, 15) is 4.79 Å². The van der Waals surface area contributed by atoms with Crippen molar-refractivity contribution in [2.24, 2.45) is 10.9 Å². The number of ether oxygens (including phenoxy) is 1. The molecule has 6 nitrogen and oxygen atoms in total. The lowest BCUT2D eigenvalue weighted by Gasteiger charge is -2.35. The highest BCUT2D eigenvalue weighted by Gasteiger charge is 2.26. The number of rotatable bonds is 8. The van der Waals surface area contributed by atoms with Crippen LogP contribution in [0.3, 0.4) is 0 Å². The summed E-state index contributed by atoms with van der Waals surface area (Å²) in [5.41, 5.74) is 1.22. The van der Waals surface area contributed by atoms with Gasteiger partial charge in [-0.2, -0.15) is 0 Å². The molecule has 29 heavy (non-hydrogen) atoms. The fourth-order valence-corrected chi connectivity index (χ4v) is 3.66. The van der Waals surface area contributed by atoms with E-state index in [1.165, 1.54) is 5.56 Å². The van der Waals surface area contributed by atoms with Crippen molar-refractivity contribution in [3.63, 3.8) is 0 Å². The molecule has 0 bridgehead atoms. The number of aliphatic imine (C=N–C) groups is 1. The number of aryl methyl sites for hydroxylation is 1. The average molecular weight is 403 g/mol. The Bertz CT molecular complexity index is 647. The molecule has 2 rings (SSSR count). The van der Waals surface area contributed by atoms with Crippen LogP contribution in [0.1, 0.15) is 52.0 Å². The normalized spacial score (nSPS) is 16.6. The molecule has 0 spiro atoms.